The van der Waals surface area contributed by atoms with Crippen molar-refractivity contribution in [2.24, 2.45) is 0 Å². The number of nitrogens with one attached hydrogen (secondary N) is 2. The summed E-state index contributed by atoms with van der Waals surface area (Å²) < 4.78 is 20.6. The van der Waals surface area contributed by atoms with Crippen LogP contribution in [0.5, 0.6) is 0 Å². The van der Waals surface area contributed by atoms with Crippen molar-refractivity contribution in [1.82, 2.24) is 29.7 Å². The molecular weight excluding hydrogens is 570 g/mol. The molecule has 6 rings (SSSR count). The first-order chi connectivity index (χ1) is 21.4. The fourth-order valence-corrected chi connectivity index (χ4v) is 6.13. The average Bonchev–Trinajstić information content (AvgIpc) is 3.81. The van der Waals surface area contributed by atoms with Gasteiger partial charge in [-0.1, -0.05) is 56.5 Å². The molecule has 14 heteroatoms. The Morgan fingerprint density at radius 3 is 2.64 bits per heavy atom. The Kier molecular flexibility index (Phi) is 9.00. The Morgan fingerprint density at radius 1 is 1.02 bits per heavy atom. The summed E-state index contributed by atoms with van der Waals surface area (Å²) in [4.78, 5) is 52.6. The van der Waals surface area contributed by atoms with Crippen LogP contribution in [0.3, 0.4) is 0 Å². The molecule has 3 saturated heterocycles. The normalized spacial score (nSPS) is 26.2. The minimum Gasteiger partial charge on any atom is -0.480 e. The summed E-state index contributed by atoms with van der Waals surface area (Å²) in [6.45, 7) is 3.00. The summed E-state index contributed by atoms with van der Waals surface area (Å²) in [6, 6.07) is 8.41. The van der Waals surface area contributed by atoms with E-state index in [2.05, 4.69) is 32.5 Å². The molecule has 3 aliphatic heterocycles. The van der Waals surface area contributed by atoms with Gasteiger partial charge in [-0.25, -0.2) is 24.5 Å². The number of ether oxygens (including phenoxy) is 3. The van der Waals surface area contributed by atoms with Gasteiger partial charge in [0.1, 0.15) is 24.6 Å². The number of carboxylic acid groups (broad SMARTS) is 1. The predicted molar refractivity (Wildman–Crippen MR) is 156 cm³/mol. The largest absolute Gasteiger partial charge is 0.480 e. The topological polar surface area (TPSA) is 170 Å². The molecule has 3 aliphatic rings. The highest BCUT2D eigenvalue weighted by atomic mass is 16.8. The summed E-state index contributed by atoms with van der Waals surface area (Å²) in [5, 5.41) is 15.3. The van der Waals surface area contributed by atoms with Crippen LogP contribution in [0.1, 0.15) is 57.2 Å². The molecule has 0 aliphatic carbocycles. The number of rotatable bonds is 11. The molecule has 2 aromatic heterocycles. The van der Waals surface area contributed by atoms with Crippen molar-refractivity contribution in [3.63, 3.8) is 0 Å². The van der Waals surface area contributed by atoms with Gasteiger partial charge in [0.05, 0.1) is 6.33 Å². The maximum Gasteiger partial charge on any atom is 0.326 e. The first-order valence-corrected chi connectivity index (χ1v) is 15.2. The molecule has 234 valence electrons. The molecule has 0 bridgehead atoms. The molecule has 3 N–H and O–H groups in total. The smallest absolute Gasteiger partial charge is 0.326 e. The quantitative estimate of drug-likeness (QED) is 0.276. The Balaban J connectivity index is 1.24. The fraction of sp³-hybridized carbons (Fsp3) is 0.533. The van der Waals surface area contributed by atoms with Crippen molar-refractivity contribution in [3.05, 3.63) is 48.5 Å². The molecule has 3 aromatic rings. The van der Waals surface area contributed by atoms with Crippen molar-refractivity contribution in [2.75, 3.05) is 18.4 Å². The number of aliphatic carboxylic acids is 1. The van der Waals surface area contributed by atoms with Gasteiger partial charge in [-0.15, -0.1) is 0 Å². The summed E-state index contributed by atoms with van der Waals surface area (Å²) in [7, 11) is 0. The molecule has 14 nitrogen and oxygen atoms in total. The number of anilines is 1. The second kappa shape index (κ2) is 13.2. The van der Waals surface area contributed by atoms with Crippen LogP contribution >= 0.6 is 0 Å². The van der Waals surface area contributed by atoms with Crippen LogP contribution in [0.15, 0.2) is 43.0 Å². The summed E-state index contributed by atoms with van der Waals surface area (Å²) >= 11 is 0. The van der Waals surface area contributed by atoms with E-state index in [1.54, 1.807) is 4.57 Å². The number of nitrogens with zero attached hydrogens (tertiary/aromatic N) is 5. The van der Waals surface area contributed by atoms with Gasteiger partial charge in [-0.3, -0.25) is 14.7 Å². The van der Waals surface area contributed by atoms with Crippen LogP contribution in [-0.4, -0.2) is 91.2 Å². The summed E-state index contributed by atoms with van der Waals surface area (Å²) in [5.74, 6) is -1.27. The summed E-state index contributed by atoms with van der Waals surface area (Å²) in [5.41, 5.74) is 1.71. The van der Waals surface area contributed by atoms with Gasteiger partial charge >= 0.3 is 12.0 Å². The van der Waals surface area contributed by atoms with Gasteiger partial charge in [-0.05, 0) is 24.8 Å². The van der Waals surface area contributed by atoms with Crippen molar-refractivity contribution >= 4 is 34.9 Å². The van der Waals surface area contributed by atoms with Crippen LogP contribution < -0.4 is 10.6 Å². The Bertz CT molecular complexity index is 1480. The van der Waals surface area contributed by atoms with E-state index >= 15 is 0 Å². The third-order valence-corrected chi connectivity index (χ3v) is 8.30. The number of carbonyl (C=O) groups excluding carboxylic acids is 2. The van der Waals surface area contributed by atoms with Crippen molar-refractivity contribution in [3.8, 4) is 0 Å². The number of urea groups is 1. The van der Waals surface area contributed by atoms with Crippen LogP contribution in [0.25, 0.3) is 11.2 Å². The zero-order valence-electron chi connectivity index (χ0n) is 24.5. The van der Waals surface area contributed by atoms with Crippen molar-refractivity contribution < 1.29 is 33.7 Å². The number of benzene rings is 1. The molecule has 5 unspecified atom stereocenters. The second-order valence-electron chi connectivity index (χ2n) is 11.3. The standard InChI is InChI=1S/C30H37N7O7/c1-2-3-4-8-13-31-30(41)35-25-21-26(33-16-32-25)37(17-34-21)28-24-22(42-20(43-24)15-18-10-6-5-7-11-18)23(44-28)27(38)36-14-9-12-19(36)29(39)40/h5-7,10-11,16-17,19-20,22-24,28H,2-4,8-9,12-15H2,1H3,(H,39,40)(H2,31,32,33,35,41)/t19?,20?,22?,23-,24?,28?/m0/s1. The van der Waals surface area contributed by atoms with Crippen molar-refractivity contribution in [1.29, 1.82) is 0 Å². The lowest BCUT2D eigenvalue weighted by atomic mass is 10.1. The number of carbonyl (C=O) groups is 3. The molecule has 0 saturated carbocycles. The third-order valence-electron chi connectivity index (χ3n) is 8.30. The molecular formula is C30H37N7O7. The number of imidazole rings is 1. The first kappa shape index (κ1) is 29.9. The molecule has 3 fully saturated rings. The number of carboxylic acids is 1. The highest BCUT2D eigenvalue weighted by Crippen LogP contribution is 2.42. The lowest BCUT2D eigenvalue weighted by Gasteiger charge is -2.27. The Hall–Kier alpha value is -4.14. The summed E-state index contributed by atoms with van der Waals surface area (Å²) in [6.07, 6.45) is 4.30. The van der Waals surface area contributed by atoms with Crippen LogP contribution in [-0.2, 0) is 30.2 Å². The molecule has 44 heavy (non-hydrogen) atoms. The van der Waals surface area contributed by atoms with Crippen molar-refractivity contribution in [2.45, 2.75) is 88.7 Å². The van der Waals surface area contributed by atoms with Gasteiger partial charge in [0.15, 0.2) is 35.6 Å². The van der Waals surface area contributed by atoms with Gasteiger partial charge in [-0.2, -0.15) is 0 Å². The highest BCUT2D eigenvalue weighted by Gasteiger charge is 2.57. The van der Waals surface area contributed by atoms with Gasteiger partial charge in [0, 0.05) is 19.5 Å². The molecule has 0 radical (unpaired) electrons. The monoisotopic (exact) mass is 607 g/mol. The average molecular weight is 608 g/mol. The number of hydrogen-bond donors (Lipinski definition) is 3. The minimum absolute atomic E-state index is 0.230. The second-order valence-corrected chi connectivity index (χ2v) is 11.3. The Morgan fingerprint density at radius 2 is 1.84 bits per heavy atom. The number of aromatic nitrogens is 4. The number of amides is 3. The maximum absolute atomic E-state index is 13.8. The first-order valence-electron chi connectivity index (χ1n) is 15.2. The molecule has 6 atom stereocenters. The van der Waals surface area contributed by atoms with E-state index in [-0.39, 0.29) is 5.82 Å². The van der Waals surface area contributed by atoms with E-state index in [1.807, 2.05) is 30.3 Å². The van der Waals surface area contributed by atoms with E-state index in [4.69, 9.17) is 14.2 Å². The SMILES string of the molecule is CCCCCCNC(=O)Nc1ncnc2c1ncn2C1O[C@H](C(=O)N2CCCC2C(=O)O)C2OC(Cc3ccccc3)OC21. The predicted octanol–water partition coefficient (Wildman–Crippen LogP) is 2.85. The van der Waals surface area contributed by atoms with Crippen LogP contribution in [0.2, 0.25) is 0 Å². The van der Waals surface area contributed by atoms with Gasteiger partial charge in [0.2, 0.25) is 0 Å². The number of unbranched alkanes of at least 4 members (excludes halogenated alkanes) is 3. The number of hydrogen-bond acceptors (Lipinski definition) is 9. The van der Waals surface area contributed by atoms with E-state index < -0.39 is 54.8 Å². The number of likely N-dealkylation sites (tertiary alicyclic amines) is 1. The van der Waals surface area contributed by atoms with E-state index in [0.29, 0.717) is 43.5 Å². The van der Waals surface area contributed by atoms with Gasteiger partial charge in [0.25, 0.3) is 5.91 Å². The van der Waals surface area contributed by atoms with E-state index in [9.17, 15) is 19.5 Å². The lowest BCUT2D eigenvalue weighted by Crippen LogP contribution is -2.49. The fourth-order valence-electron chi connectivity index (χ4n) is 6.13. The van der Waals surface area contributed by atoms with E-state index in [0.717, 1.165) is 31.2 Å². The highest BCUT2D eigenvalue weighted by molar-refractivity contribution is 5.95. The lowest BCUT2D eigenvalue weighted by molar-refractivity contribution is -0.170. The van der Waals surface area contributed by atoms with Gasteiger partial charge < -0.3 is 29.5 Å². The zero-order valence-corrected chi connectivity index (χ0v) is 24.5. The van der Waals surface area contributed by atoms with Crippen LogP contribution in [0.4, 0.5) is 10.6 Å². The third kappa shape index (κ3) is 6.10. The zero-order chi connectivity index (χ0) is 30.6. The van der Waals surface area contributed by atoms with E-state index in [1.165, 1.54) is 17.6 Å². The molecule has 3 amide bonds. The molecule has 5 heterocycles. The van der Waals surface area contributed by atoms with Crippen LogP contribution in [0, 0.1) is 0 Å². The maximum atomic E-state index is 13.8. The molecule has 0 spiro atoms. The Labute approximate surface area is 254 Å². The number of fused-ring (bicyclic) bond motifs is 2. The minimum atomic E-state index is -1.10. The molecule has 1 aromatic carbocycles.